The summed E-state index contributed by atoms with van der Waals surface area (Å²) in [6.45, 7) is -0.00298. The standard InChI is InChI=1S/C16H11ClF4N2O2/c17-11-2-1-3-12(18)13(11)14(24)22-8-9-4-6-10(7-5-9)23-15(25)16(19,20)21/h1-7H,8H2,(H,22,24)(H,23,25). The molecule has 2 aromatic rings. The number of halogens is 5. The number of anilines is 1. The minimum atomic E-state index is -4.98. The number of hydrogen-bond acceptors (Lipinski definition) is 2. The number of hydrogen-bond donors (Lipinski definition) is 2. The summed E-state index contributed by atoms with van der Waals surface area (Å²) in [6.07, 6.45) is -4.98. The number of carbonyl (C=O) groups excluding carboxylic acids is 2. The fraction of sp³-hybridized carbons (Fsp3) is 0.125. The number of rotatable bonds is 4. The first kappa shape index (κ1) is 18.7. The zero-order valence-corrected chi connectivity index (χ0v) is 13.2. The monoisotopic (exact) mass is 374 g/mol. The molecule has 2 N–H and O–H groups in total. The second-order valence-corrected chi connectivity index (χ2v) is 5.34. The zero-order chi connectivity index (χ0) is 18.6. The van der Waals surface area contributed by atoms with Crippen LogP contribution in [-0.2, 0) is 11.3 Å². The molecule has 0 bridgehead atoms. The topological polar surface area (TPSA) is 58.2 Å². The average Bonchev–Trinajstić information content (AvgIpc) is 2.53. The van der Waals surface area contributed by atoms with Crippen LogP contribution in [-0.4, -0.2) is 18.0 Å². The third kappa shape index (κ3) is 4.93. The van der Waals surface area contributed by atoms with Gasteiger partial charge in [-0.1, -0.05) is 29.8 Å². The van der Waals surface area contributed by atoms with Gasteiger partial charge in [-0.2, -0.15) is 13.2 Å². The summed E-state index contributed by atoms with van der Waals surface area (Å²) < 4.78 is 50.1. The number of carbonyl (C=O) groups is 2. The molecule has 0 saturated heterocycles. The van der Waals surface area contributed by atoms with Gasteiger partial charge in [0.05, 0.1) is 10.6 Å². The van der Waals surface area contributed by atoms with Gasteiger partial charge in [0.1, 0.15) is 5.82 Å². The van der Waals surface area contributed by atoms with E-state index in [1.165, 1.54) is 36.4 Å². The molecule has 2 amide bonds. The molecular formula is C16H11ClF4N2O2. The highest BCUT2D eigenvalue weighted by Crippen LogP contribution is 2.20. The summed E-state index contributed by atoms with van der Waals surface area (Å²) in [5, 5.41) is 4.11. The van der Waals surface area contributed by atoms with Crippen molar-refractivity contribution in [1.82, 2.24) is 5.32 Å². The second kappa shape index (κ2) is 7.52. The fourth-order valence-corrected chi connectivity index (χ4v) is 2.14. The van der Waals surface area contributed by atoms with Crippen molar-refractivity contribution in [2.75, 3.05) is 5.32 Å². The van der Waals surface area contributed by atoms with Gasteiger partial charge in [0.15, 0.2) is 0 Å². The van der Waals surface area contributed by atoms with Gasteiger partial charge >= 0.3 is 12.1 Å². The summed E-state index contributed by atoms with van der Waals surface area (Å²) in [5.41, 5.74) is 0.193. The van der Waals surface area contributed by atoms with E-state index in [0.29, 0.717) is 5.56 Å². The van der Waals surface area contributed by atoms with Crippen LogP contribution >= 0.6 is 11.6 Å². The summed E-state index contributed by atoms with van der Waals surface area (Å²) in [6, 6.07) is 9.16. The van der Waals surface area contributed by atoms with Crippen LogP contribution < -0.4 is 10.6 Å². The van der Waals surface area contributed by atoms with Crippen LogP contribution in [0.5, 0.6) is 0 Å². The molecule has 132 valence electrons. The Morgan fingerprint density at radius 2 is 1.68 bits per heavy atom. The lowest BCUT2D eigenvalue weighted by Crippen LogP contribution is -2.29. The van der Waals surface area contributed by atoms with Crippen LogP contribution in [0.3, 0.4) is 0 Å². The van der Waals surface area contributed by atoms with Gasteiger partial charge in [0.25, 0.3) is 5.91 Å². The molecular weight excluding hydrogens is 364 g/mol. The Balaban J connectivity index is 1.98. The Morgan fingerprint density at radius 1 is 1.04 bits per heavy atom. The van der Waals surface area contributed by atoms with Crippen LogP contribution in [0, 0.1) is 5.82 Å². The van der Waals surface area contributed by atoms with Crippen LogP contribution in [0.25, 0.3) is 0 Å². The molecule has 0 atom stereocenters. The van der Waals surface area contributed by atoms with E-state index in [4.69, 9.17) is 11.6 Å². The predicted molar refractivity (Wildman–Crippen MR) is 83.7 cm³/mol. The molecule has 0 aliphatic carbocycles. The Labute approximate surface area is 144 Å². The Morgan fingerprint density at radius 3 is 2.24 bits per heavy atom. The fourth-order valence-electron chi connectivity index (χ4n) is 1.89. The third-order valence-corrected chi connectivity index (χ3v) is 3.43. The van der Waals surface area contributed by atoms with E-state index in [1.807, 2.05) is 0 Å². The first-order valence-corrected chi connectivity index (χ1v) is 7.25. The molecule has 0 aromatic heterocycles. The summed E-state index contributed by atoms with van der Waals surface area (Å²) in [5.74, 6) is -3.57. The van der Waals surface area contributed by atoms with Crippen LogP contribution in [0.2, 0.25) is 5.02 Å². The van der Waals surface area contributed by atoms with Crippen molar-refractivity contribution >= 4 is 29.1 Å². The normalized spacial score (nSPS) is 11.1. The molecule has 0 heterocycles. The van der Waals surface area contributed by atoms with Crippen molar-refractivity contribution in [2.24, 2.45) is 0 Å². The van der Waals surface area contributed by atoms with Crippen molar-refractivity contribution < 1.29 is 27.2 Å². The van der Waals surface area contributed by atoms with Crippen molar-refractivity contribution in [3.05, 3.63) is 64.4 Å². The molecule has 0 unspecified atom stereocenters. The number of benzene rings is 2. The van der Waals surface area contributed by atoms with E-state index in [1.54, 1.807) is 5.32 Å². The molecule has 0 radical (unpaired) electrons. The molecule has 4 nitrogen and oxygen atoms in total. The molecule has 2 aromatic carbocycles. The highest BCUT2D eigenvalue weighted by atomic mass is 35.5. The molecule has 0 aliphatic rings. The minimum absolute atomic E-state index is 0.00298. The molecule has 9 heteroatoms. The van der Waals surface area contributed by atoms with Crippen LogP contribution in [0.4, 0.5) is 23.2 Å². The SMILES string of the molecule is O=C(NCc1ccc(NC(=O)C(F)(F)F)cc1)c1c(F)cccc1Cl. The Kier molecular flexibility index (Phi) is 5.63. The van der Waals surface area contributed by atoms with Gasteiger partial charge < -0.3 is 10.6 Å². The van der Waals surface area contributed by atoms with E-state index in [2.05, 4.69) is 5.32 Å². The number of alkyl halides is 3. The van der Waals surface area contributed by atoms with Gasteiger partial charge in [-0.3, -0.25) is 9.59 Å². The largest absolute Gasteiger partial charge is 0.471 e. The summed E-state index contributed by atoms with van der Waals surface area (Å²) in [7, 11) is 0. The second-order valence-electron chi connectivity index (χ2n) is 4.93. The maximum atomic E-state index is 13.6. The van der Waals surface area contributed by atoms with Gasteiger partial charge in [-0.15, -0.1) is 0 Å². The van der Waals surface area contributed by atoms with E-state index >= 15 is 0 Å². The first-order valence-electron chi connectivity index (χ1n) is 6.88. The molecule has 2 rings (SSSR count). The van der Waals surface area contributed by atoms with Crippen LogP contribution in [0.1, 0.15) is 15.9 Å². The molecule has 25 heavy (non-hydrogen) atoms. The summed E-state index contributed by atoms with van der Waals surface area (Å²) in [4.78, 5) is 22.8. The number of nitrogens with one attached hydrogen (secondary N) is 2. The zero-order valence-electron chi connectivity index (χ0n) is 12.5. The van der Waals surface area contributed by atoms with Crippen molar-refractivity contribution in [3.63, 3.8) is 0 Å². The molecule has 0 saturated carbocycles. The number of amides is 2. The van der Waals surface area contributed by atoms with E-state index < -0.39 is 23.8 Å². The molecule has 0 aliphatic heterocycles. The van der Waals surface area contributed by atoms with E-state index in [0.717, 1.165) is 6.07 Å². The lowest BCUT2D eigenvalue weighted by Gasteiger charge is -2.10. The Hall–Kier alpha value is -2.61. The maximum absolute atomic E-state index is 13.6. The highest BCUT2D eigenvalue weighted by molar-refractivity contribution is 6.33. The Bertz CT molecular complexity index is 771. The quantitative estimate of drug-likeness (QED) is 0.797. The van der Waals surface area contributed by atoms with Gasteiger partial charge in [0.2, 0.25) is 0 Å². The average molecular weight is 375 g/mol. The van der Waals surface area contributed by atoms with Crippen molar-refractivity contribution in [2.45, 2.75) is 12.7 Å². The van der Waals surface area contributed by atoms with E-state index in [9.17, 15) is 27.2 Å². The first-order chi connectivity index (χ1) is 11.7. The third-order valence-electron chi connectivity index (χ3n) is 3.11. The van der Waals surface area contributed by atoms with Gasteiger partial charge in [0, 0.05) is 12.2 Å². The van der Waals surface area contributed by atoms with E-state index in [-0.39, 0.29) is 22.8 Å². The van der Waals surface area contributed by atoms with Gasteiger partial charge in [-0.25, -0.2) is 4.39 Å². The summed E-state index contributed by atoms with van der Waals surface area (Å²) >= 11 is 5.78. The van der Waals surface area contributed by atoms with Crippen molar-refractivity contribution in [3.8, 4) is 0 Å². The molecule has 0 fully saturated rings. The van der Waals surface area contributed by atoms with Gasteiger partial charge in [-0.05, 0) is 29.8 Å². The molecule has 0 spiro atoms. The van der Waals surface area contributed by atoms with Crippen LogP contribution in [0.15, 0.2) is 42.5 Å². The highest BCUT2D eigenvalue weighted by Gasteiger charge is 2.38. The minimum Gasteiger partial charge on any atom is -0.348 e. The predicted octanol–water partition coefficient (Wildman–Crippen LogP) is 3.91. The lowest BCUT2D eigenvalue weighted by molar-refractivity contribution is -0.167. The lowest BCUT2D eigenvalue weighted by atomic mass is 10.1. The maximum Gasteiger partial charge on any atom is 0.471 e. The smallest absolute Gasteiger partial charge is 0.348 e. The van der Waals surface area contributed by atoms with Crippen molar-refractivity contribution in [1.29, 1.82) is 0 Å².